The molecule has 2 rings (SSSR count). The monoisotopic (exact) mass is 180 g/mol. The second kappa shape index (κ2) is 2.74. The zero-order valence-electron chi connectivity index (χ0n) is 7.29. The molecule has 1 nitrogen and oxygen atoms in total. The number of fused-ring (bicyclic) bond motifs is 1. The molecule has 12 heavy (non-hydrogen) atoms. The summed E-state index contributed by atoms with van der Waals surface area (Å²) in [7, 11) is -1.94. The van der Waals surface area contributed by atoms with E-state index in [4.69, 9.17) is 0 Å². The summed E-state index contributed by atoms with van der Waals surface area (Å²) in [5, 5.41) is 1.15. The average molecular weight is 180 g/mol. The van der Waals surface area contributed by atoms with Crippen molar-refractivity contribution in [1.29, 1.82) is 0 Å². The summed E-state index contributed by atoms with van der Waals surface area (Å²) in [5.74, 6) is 0. The lowest BCUT2D eigenvalue weighted by molar-refractivity contribution is 0.583. The fourth-order valence-electron chi connectivity index (χ4n) is 1.87. The molecule has 1 heterocycles. The van der Waals surface area contributed by atoms with Crippen molar-refractivity contribution in [3.05, 3.63) is 29.8 Å². The maximum atomic E-state index is 12.2. The molecular weight excluding hydrogens is 167 g/mol. The second-order valence-corrected chi connectivity index (χ2v) is 6.65. The third-order valence-corrected chi connectivity index (χ3v) is 5.97. The van der Waals surface area contributed by atoms with Crippen molar-refractivity contribution < 1.29 is 4.57 Å². The third-order valence-electron chi connectivity index (χ3n) is 2.68. The number of hydrogen-bond acceptors (Lipinski definition) is 1. The fourth-order valence-corrected chi connectivity index (χ4v) is 4.44. The highest BCUT2D eigenvalue weighted by atomic mass is 31.2. The van der Waals surface area contributed by atoms with Crippen LogP contribution in [0.1, 0.15) is 12.5 Å². The molecule has 2 heteroatoms. The molecule has 1 aromatic rings. The highest BCUT2D eigenvalue weighted by Crippen LogP contribution is 2.49. The first kappa shape index (κ1) is 8.07. The van der Waals surface area contributed by atoms with Gasteiger partial charge in [-0.25, -0.2) is 0 Å². The normalized spacial score (nSPS) is 27.1. The van der Waals surface area contributed by atoms with Gasteiger partial charge in [0.25, 0.3) is 0 Å². The molecule has 64 valence electrons. The van der Waals surface area contributed by atoms with Gasteiger partial charge in [-0.05, 0) is 12.0 Å². The lowest BCUT2D eigenvalue weighted by atomic mass is 10.2. The Hall–Kier alpha value is -0.550. The van der Waals surface area contributed by atoms with Crippen LogP contribution in [0.3, 0.4) is 0 Å². The minimum atomic E-state index is -1.94. The standard InChI is InChI=1S/C10H13OP/c1-2-12(11)8-7-9-5-3-4-6-10(9)12/h3-6H,2,7-8H2,1H3. The van der Waals surface area contributed by atoms with Gasteiger partial charge in [0.15, 0.2) is 0 Å². The van der Waals surface area contributed by atoms with Crippen LogP contribution in [0.15, 0.2) is 24.3 Å². The Kier molecular flexibility index (Phi) is 1.84. The maximum Gasteiger partial charge on any atom is 0.115 e. The Morgan fingerprint density at radius 1 is 1.42 bits per heavy atom. The van der Waals surface area contributed by atoms with E-state index in [0.29, 0.717) is 0 Å². The predicted octanol–water partition coefficient (Wildman–Crippen LogP) is 2.25. The van der Waals surface area contributed by atoms with E-state index in [1.54, 1.807) is 0 Å². The molecule has 0 aliphatic carbocycles. The van der Waals surface area contributed by atoms with Crippen molar-refractivity contribution in [2.75, 3.05) is 12.3 Å². The molecule has 0 N–H and O–H groups in total. The molecule has 0 fully saturated rings. The Morgan fingerprint density at radius 3 is 2.92 bits per heavy atom. The number of aryl methyl sites for hydroxylation is 1. The summed E-state index contributed by atoms with van der Waals surface area (Å²) in [4.78, 5) is 0. The Balaban J connectivity index is 2.56. The zero-order chi connectivity index (χ0) is 8.60. The summed E-state index contributed by atoms with van der Waals surface area (Å²) >= 11 is 0. The summed E-state index contributed by atoms with van der Waals surface area (Å²) < 4.78 is 12.2. The van der Waals surface area contributed by atoms with E-state index in [1.807, 2.05) is 25.1 Å². The van der Waals surface area contributed by atoms with E-state index in [-0.39, 0.29) is 0 Å². The summed E-state index contributed by atoms with van der Waals surface area (Å²) in [6, 6.07) is 8.16. The van der Waals surface area contributed by atoms with Crippen LogP contribution >= 0.6 is 7.14 Å². The van der Waals surface area contributed by atoms with Gasteiger partial charge >= 0.3 is 0 Å². The van der Waals surface area contributed by atoms with Crippen molar-refractivity contribution in [2.45, 2.75) is 13.3 Å². The zero-order valence-corrected chi connectivity index (χ0v) is 8.18. The van der Waals surface area contributed by atoms with Crippen LogP contribution in [-0.2, 0) is 11.0 Å². The van der Waals surface area contributed by atoms with Crippen LogP contribution < -0.4 is 5.30 Å². The van der Waals surface area contributed by atoms with Crippen molar-refractivity contribution >= 4 is 12.4 Å². The lowest BCUT2D eigenvalue weighted by Crippen LogP contribution is -2.04. The van der Waals surface area contributed by atoms with Gasteiger partial charge in [0.2, 0.25) is 0 Å². The Morgan fingerprint density at radius 2 is 2.17 bits per heavy atom. The van der Waals surface area contributed by atoms with Crippen LogP contribution in [-0.4, -0.2) is 12.3 Å². The van der Waals surface area contributed by atoms with Crippen molar-refractivity contribution in [3.63, 3.8) is 0 Å². The largest absolute Gasteiger partial charge is 0.319 e. The van der Waals surface area contributed by atoms with E-state index >= 15 is 0 Å². The molecule has 1 atom stereocenters. The first-order chi connectivity index (χ1) is 5.76. The summed E-state index contributed by atoms with van der Waals surface area (Å²) in [6.07, 6.45) is 2.73. The van der Waals surface area contributed by atoms with Crippen molar-refractivity contribution in [3.8, 4) is 0 Å². The molecule has 0 saturated carbocycles. The number of benzene rings is 1. The van der Waals surface area contributed by atoms with Crippen LogP contribution in [0.4, 0.5) is 0 Å². The first-order valence-electron chi connectivity index (χ1n) is 4.43. The molecule has 1 aliphatic heterocycles. The molecule has 1 unspecified atom stereocenters. The fraction of sp³-hybridized carbons (Fsp3) is 0.400. The molecule has 0 radical (unpaired) electrons. The van der Waals surface area contributed by atoms with Gasteiger partial charge in [-0.2, -0.15) is 0 Å². The first-order valence-corrected chi connectivity index (χ1v) is 6.50. The predicted molar refractivity (Wildman–Crippen MR) is 52.8 cm³/mol. The number of rotatable bonds is 1. The summed E-state index contributed by atoms with van der Waals surface area (Å²) in [5.41, 5.74) is 1.31. The van der Waals surface area contributed by atoms with Crippen LogP contribution in [0, 0.1) is 0 Å². The van der Waals surface area contributed by atoms with E-state index < -0.39 is 7.14 Å². The second-order valence-electron chi connectivity index (χ2n) is 3.31. The van der Waals surface area contributed by atoms with Crippen LogP contribution in [0.2, 0.25) is 0 Å². The highest BCUT2D eigenvalue weighted by Gasteiger charge is 2.30. The molecule has 0 spiro atoms. The Labute approximate surface area is 73.2 Å². The highest BCUT2D eigenvalue weighted by molar-refractivity contribution is 7.72. The van der Waals surface area contributed by atoms with Gasteiger partial charge in [-0.3, -0.25) is 0 Å². The minimum absolute atomic E-state index is 0.823. The quantitative estimate of drug-likeness (QED) is 0.606. The van der Waals surface area contributed by atoms with E-state index in [1.165, 1.54) is 5.56 Å². The third kappa shape index (κ3) is 1.04. The molecule has 0 bridgehead atoms. The molecule has 1 aliphatic rings. The lowest BCUT2D eigenvalue weighted by Gasteiger charge is -2.08. The topological polar surface area (TPSA) is 17.1 Å². The smallest absolute Gasteiger partial charge is 0.115 e. The van der Waals surface area contributed by atoms with Crippen LogP contribution in [0.25, 0.3) is 0 Å². The Bertz CT molecular complexity index is 343. The van der Waals surface area contributed by atoms with E-state index in [2.05, 4.69) is 6.07 Å². The molecule has 0 amide bonds. The van der Waals surface area contributed by atoms with Crippen molar-refractivity contribution in [1.82, 2.24) is 0 Å². The SMILES string of the molecule is CCP1(=O)CCc2ccccc21. The number of hydrogen-bond donors (Lipinski definition) is 0. The molecule has 0 saturated heterocycles. The summed E-state index contributed by atoms with van der Waals surface area (Å²) in [6.45, 7) is 2.03. The molecular formula is C10H13OP. The maximum absolute atomic E-state index is 12.2. The molecule has 1 aromatic carbocycles. The van der Waals surface area contributed by atoms with Crippen molar-refractivity contribution in [2.24, 2.45) is 0 Å². The van der Waals surface area contributed by atoms with E-state index in [9.17, 15) is 4.57 Å². The minimum Gasteiger partial charge on any atom is -0.319 e. The molecule has 0 aromatic heterocycles. The van der Waals surface area contributed by atoms with Gasteiger partial charge in [-0.1, -0.05) is 31.2 Å². The average Bonchev–Trinajstić information content (AvgIpc) is 2.46. The van der Waals surface area contributed by atoms with Crippen LogP contribution in [0.5, 0.6) is 0 Å². The van der Waals surface area contributed by atoms with Gasteiger partial charge in [-0.15, -0.1) is 0 Å². The van der Waals surface area contributed by atoms with E-state index in [0.717, 1.165) is 24.0 Å². The van der Waals surface area contributed by atoms with Gasteiger partial charge < -0.3 is 4.57 Å². The van der Waals surface area contributed by atoms with Gasteiger partial charge in [0.05, 0.1) is 0 Å². The van der Waals surface area contributed by atoms with Gasteiger partial charge in [0, 0.05) is 17.6 Å². The van der Waals surface area contributed by atoms with Gasteiger partial charge in [0.1, 0.15) is 7.14 Å².